The quantitative estimate of drug-likeness (QED) is 0.174. The van der Waals surface area contributed by atoms with Gasteiger partial charge >= 0.3 is 0 Å². The Hall–Kier alpha value is -5.83. The molecule has 0 radical (unpaired) electrons. The van der Waals surface area contributed by atoms with E-state index >= 15 is 0 Å². The molecule has 2 atom stereocenters. The first-order chi connectivity index (χ1) is 23.7. The summed E-state index contributed by atoms with van der Waals surface area (Å²) in [5.41, 5.74) is 11.2. The fourth-order valence-corrected chi connectivity index (χ4v) is 6.76. The molecule has 4 heteroatoms. The smallest absolute Gasteiger partial charge is 0.0991 e. The van der Waals surface area contributed by atoms with Crippen molar-refractivity contribution in [3.8, 4) is 39.4 Å². The molecule has 1 heterocycles. The molecule has 7 aromatic rings. The molecule has 0 aliphatic carbocycles. The number of nitrogens with zero attached hydrogens (tertiary/aromatic N) is 1. The van der Waals surface area contributed by atoms with Gasteiger partial charge in [0.05, 0.1) is 30.1 Å². The van der Waals surface area contributed by atoms with Crippen LogP contribution in [0, 0.1) is 11.3 Å². The Kier molecular flexibility index (Phi) is 8.08. The lowest BCUT2D eigenvalue weighted by Gasteiger charge is -2.39. The molecule has 0 aromatic heterocycles. The monoisotopic (exact) mass is 618 g/mol. The van der Waals surface area contributed by atoms with Gasteiger partial charge in [-0.3, -0.25) is 16.0 Å². The molecule has 3 N–H and O–H groups in total. The van der Waals surface area contributed by atoms with E-state index in [1.807, 2.05) is 24.3 Å². The summed E-state index contributed by atoms with van der Waals surface area (Å²) in [6.07, 6.45) is -0.0788. The van der Waals surface area contributed by atoms with Crippen molar-refractivity contribution in [3.63, 3.8) is 0 Å². The molecule has 48 heavy (non-hydrogen) atoms. The maximum atomic E-state index is 9.20. The summed E-state index contributed by atoms with van der Waals surface area (Å²) in [6, 6.07) is 61.9. The normalized spacial score (nSPS) is 17.5. The van der Waals surface area contributed by atoms with Crippen molar-refractivity contribution >= 4 is 10.8 Å². The number of benzene rings is 7. The number of nitrogens with one attached hydrogen (secondary N) is 3. The minimum atomic E-state index is -0.0541. The van der Waals surface area contributed by atoms with E-state index in [4.69, 9.17) is 0 Å². The molecule has 1 fully saturated rings. The maximum absolute atomic E-state index is 9.20. The molecule has 2 unspecified atom stereocenters. The van der Waals surface area contributed by atoms with E-state index in [9.17, 15) is 5.26 Å². The van der Waals surface area contributed by atoms with Crippen LogP contribution in [0.15, 0.2) is 170 Å². The average molecular weight is 619 g/mol. The summed E-state index contributed by atoms with van der Waals surface area (Å²) < 4.78 is 0. The first kappa shape index (κ1) is 29.6. The molecular weight excluding hydrogens is 585 g/mol. The molecule has 8 rings (SSSR count). The molecule has 1 aliphatic heterocycles. The van der Waals surface area contributed by atoms with Gasteiger partial charge in [0.2, 0.25) is 0 Å². The number of rotatable bonds is 6. The second kappa shape index (κ2) is 13.1. The highest BCUT2D eigenvalue weighted by Crippen LogP contribution is 2.39. The molecule has 0 bridgehead atoms. The second-order valence-electron chi connectivity index (χ2n) is 12.2. The molecule has 0 saturated carbocycles. The van der Waals surface area contributed by atoms with Crippen LogP contribution in [0.3, 0.4) is 0 Å². The molecule has 1 saturated heterocycles. The van der Waals surface area contributed by atoms with Gasteiger partial charge < -0.3 is 0 Å². The third-order valence-electron chi connectivity index (χ3n) is 9.27. The van der Waals surface area contributed by atoms with Crippen molar-refractivity contribution in [2.45, 2.75) is 18.5 Å². The van der Waals surface area contributed by atoms with Crippen LogP contribution in [0.25, 0.3) is 44.2 Å². The lowest BCUT2D eigenvalue weighted by atomic mass is 9.88. The van der Waals surface area contributed by atoms with E-state index in [1.54, 1.807) is 0 Å². The zero-order valence-corrected chi connectivity index (χ0v) is 26.3. The predicted octanol–water partition coefficient (Wildman–Crippen LogP) is 9.89. The van der Waals surface area contributed by atoms with Crippen molar-refractivity contribution in [1.29, 1.82) is 5.26 Å². The van der Waals surface area contributed by atoms with Gasteiger partial charge in [-0.1, -0.05) is 158 Å². The lowest BCUT2D eigenvalue weighted by Crippen LogP contribution is -2.54. The Bertz CT molecular complexity index is 2160. The van der Waals surface area contributed by atoms with Gasteiger partial charge in [0, 0.05) is 0 Å². The lowest BCUT2D eigenvalue weighted by molar-refractivity contribution is 0.203. The van der Waals surface area contributed by atoms with Crippen molar-refractivity contribution in [3.05, 3.63) is 192 Å². The van der Waals surface area contributed by atoms with Gasteiger partial charge in [-0.05, 0) is 73.0 Å². The highest BCUT2D eigenvalue weighted by molar-refractivity contribution is 6.04. The van der Waals surface area contributed by atoms with Gasteiger partial charge in [-0.15, -0.1) is 0 Å². The van der Waals surface area contributed by atoms with Crippen LogP contribution in [0.2, 0.25) is 0 Å². The van der Waals surface area contributed by atoms with Crippen molar-refractivity contribution in [1.82, 2.24) is 16.0 Å². The highest BCUT2D eigenvalue weighted by Gasteiger charge is 2.29. The Morgan fingerprint density at radius 3 is 1.42 bits per heavy atom. The fraction of sp³-hybridized carbons (Fsp3) is 0.0682. The van der Waals surface area contributed by atoms with Gasteiger partial charge in [-0.2, -0.15) is 5.26 Å². The molecule has 0 spiro atoms. The van der Waals surface area contributed by atoms with Crippen LogP contribution in [0.1, 0.15) is 40.8 Å². The molecule has 230 valence electrons. The van der Waals surface area contributed by atoms with Crippen LogP contribution < -0.4 is 16.0 Å². The molecule has 4 nitrogen and oxygen atoms in total. The molecule has 7 aromatic carbocycles. The SMILES string of the molecule is N#Cc1ccc(-c2ccc(-c3c(-c4ccc(C5NC(c6ccccc6)NC(c6ccccc6)N5)cc4)ccc4ccccc34)cc2)cc1. The van der Waals surface area contributed by atoms with E-state index in [2.05, 4.69) is 168 Å². The summed E-state index contributed by atoms with van der Waals surface area (Å²) in [7, 11) is 0. The Morgan fingerprint density at radius 2 is 0.854 bits per heavy atom. The predicted molar refractivity (Wildman–Crippen MR) is 195 cm³/mol. The maximum Gasteiger partial charge on any atom is 0.0991 e. The number of hydrogen-bond acceptors (Lipinski definition) is 4. The summed E-state index contributed by atoms with van der Waals surface area (Å²) >= 11 is 0. The molecule has 1 aliphatic rings. The van der Waals surface area contributed by atoms with E-state index < -0.39 is 0 Å². The van der Waals surface area contributed by atoms with E-state index in [0.717, 1.165) is 11.1 Å². The standard InChI is InChI=1S/C44H34N4/c45-29-30-15-17-31(18-16-30)32-19-23-35(24-20-32)41-39-14-8-7-9-33(39)27-28-40(41)34-21-25-38(26-22-34)44-47-42(36-10-3-1-4-11-36)46-43(48-44)37-12-5-2-6-13-37/h1-28,42-44,46-48H. The summed E-state index contributed by atoms with van der Waals surface area (Å²) in [5.74, 6) is 0. The van der Waals surface area contributed by atoms with Crippen LogP contribution in [-0.2, 0) is 0 Å². The van der Waals surface area contributed by atoms with Gasteiger partial charge in [0.1, 0.15) is 0 Å². The summed E-state index contributed by atoms with van der Waals surface area (Å²) in [5, 5.41) is 23.0. The number of fused-ring (bicyclic) bond motifs is 1. The first-order valence-electron chi connectivity index (χ1n) is 16.3. The van der Waals surface area contributed by atoms with Crippen LogP contribution in [0.4, 0.5) is 0 Å². The third-order valence-corrected chi connectivity index (χ3v) is 9.27. The van der Waals surface area contributed by atoms with Crippen molar-refractivity contribution < 1.29 is 0 Å². The zero-order valence-electron chi connectivity index (χ0n) is 26.3. The largest absolute Gasteiger partial charge is 0.279 e. The van der Waals surface area contributed by atoms with Crippen LogP contribution in [-0.4, -0.2) is 0 Å². The Balaban J connectivity index is 1.14. The number of nitriles is 1. The molecular formula is C44H34N4. The second-order valence-corrected chi connectivity index (χ2v) is 12.2. The van der Waals surface area contributed by atoms with Crippen molar-refractivity contribution in [2.75, 3.05) is 0 Å². The molecule has 0 amide bonds. The summed E-state index contributed by atoms with van der Waals surface area (Å²) in [6.45, 7) is 0. The van der Waals surface area contributed by atoms with E-state index in [0.29, 0.717) is 5.56 Å². The van der Waals surface area contributed by atoms with Crippen LogP contribution >= 0.6 is 0 Å². The Morgan fingerprint density at radius 1 is 0.396 bits per heavy atom. The van der Waals surface area contributed by atoms with Crippen molar-refractivity contribution in [2.24, 2.45) is 0 Å². The third kappa shape index (κ3) is 5.90. The highest BCUT2D eigenvalue weighted by atomic mass is 15.4. The first-order valence-corrected chi connectivity index (χ1v) is 16.3. The fourth-order valence-electron chi connectivity index (χ4n) is 6.76. The van der Waals surface area contributed by atoms with E-state index in [-0.39, 0.29) is 18.5 Å². The Labute approximate surface area is 281 Å². The van der Waals surface area contributed by atoms with Gasteiger partial charge in [0.25, 0.3) is 0 Å². The average Bonchev–Trinajstić information content (AvgIpc) is 3.18. The minimum Gasteiger partial charge on any atom is -0.279 e. The summed E-state index contributed by atoms with van der Waals surface area (Å²) in [4.78, 5) is 0. The van der Waals surface area contributed by atoms with E-state index in [1.165, 1.54) is 49.7 Å². The topological polar surface area (TPSA) is 59.9 Å². The van der Waals surface area contributed by atoms with Gasteiger partial charge in [0.15, 0.2) is 0 Å². The number of hydrogen-bond donors (Lipinski definition) is 3. The minimum absolute atomic E-state index is 0.0123. The van der Waals surface area contributed by atoms with Gasteiger partial charge in [-0.25, -0.2) is 0 Å². The zero-order chi connectivity index (χ0) is 32.3. The van der Waals surface area contributed by atoms with Crippen LogP contribution in [0.5, 0.6) is 0 Å².